The first-order valence-electron chi connectivity index (χ1n) is 11.7. The van der Waals surface area contributed by atoms with E-state index >= 15 is 0 Å². The van der Waals surface area contributed by atoms with Gasteiger partial charge in [0, 0.05) is 35.5 Å². The van der Waals surface area contributed by atoms with E-state index in [1.54, 1.807) is 16.9 Å². The smallest absolute Gasteiger partial charge is 0.254 e. The highest BCUT2D eigenvalue weighted by Crippen LogP contribution is 2.49. The Hall–Kier alpha value is -3.28. The molecule has 6 nitrogen and oxygen atoms in total. The first-order chi connectivity index (χ1) is 15.9. The fraction of sp³-hybridized carbons (Fsp3) is 0.407. The van der Waals surface area contributed by atoms with Crippen molar-refractivity contribution in [1.29, 1.82) is 0 Å². The van der Waals surface area contributed by atoms with Gasteiger partial charge in [-0.2, -0.15) is 0 Å². The molecule has 2 amide bonds. The number of amides is 2. The number of benzene rings is 2. The molecule has 0 radical (unpaired) electrons. The van der Waals surface area contributed by atoms with Crippen LogP contribution < -0.4 is 4.74 Å². The van der Waals surface area contributed by atoms with Gasteiger partial charge in [0.25, 0.3) is 5.91 Å². The molecule has 3 aromatic rings. The molecule has 0 spiro atoms. The molecule has 1 fully saturated rings. The predicted octanol–water partition coefficient (Wildman–Crippen LogP) is 4.25. The summed E-state index contributed by atoms with van der Waals surface area (Å²) >= 11 is 0. The number of hydrogen-bond donors (Lipinski definition) is 1. The number of H-pyrrole nitrogens is 1. The fourth-order valence-electron chi connectivity index (χ4n) is 5.51. The maximum absolute atomic E-state index is 13.9. The number of carbonyl (C=O) groups is 2. The van der Waals surface area contributed by atoms with E-state index in [9.17, 15) is 9.59 Å². The van der Waals surface area contributed by atoms with Gasteiger partial charge in [0.2, 0.25) is 5.91 Å². The Morgan fingerprint density at radius 2 is 1.85 bits per heavy atom. The molecular weight excluding hydrogens is 414 g/mol. The third-order valence-electron chi connectivity index (χ3n) is 7.31. The summed E-state index contributed by atoms with van der Waals surface area (Å²) in [6, 6.07) is 16.1. The average molecular weight is 446 g/mol. The van der Waals surface area contributed by atoms with Crippen LogP contribution in [0.1, 0.15) is 49.9 Å². The van der Waals surface area contributed by atoms with Gasteiger partial charge >= 0.3 is 0 Å². The number of aromatic nitrogens is 1. The van der Waals surface area contributed by atoms with E-state index in [4.69, 9.17) is 4.74 Å². The van der Waals surface area contributed by atoms with Crippen LogP contribution in [0.2, 0.25) is 0 Å². The largest absolute Gasteiger partial charge is 0.496 e. The summed E-state index contributed by atoms with van der Waals surface area (Å²) in [6.07, 6.45) is 0.874. The van der Waals surface area contributed by atoms with Gasteiger partial charge < -0.3 is 19.5 Å². The first kappa shape index (κ1) is 21.6. The van der Waals surface area contributed by atoms with Gasteiger partial charge in [0.15, 0.2) is 5.54 Å². The highest BCUT2D eigenvalue weighted by molar-refractivity contribution is 6.01. The number of rotatable bonds is 5. The number of fused-ring (bicyclic) bond motifs is 5. The quantitative estimate of drug-likeness (QED) is 0.638. The summed E-state index contributed by atoms with van der Waals surface area (Å²) in [5.41, 5.74) is 2.85. The van der Waals surface area contributed by atoms with Crippen LogP contribution in [0.15, 0.2) is 48.5 Å². The first-order valence-corrected chi connectivity index (χ1v) is 11.7. The van der Waals surface area contributed by atoms with Gasteiger partial charge in [-0.05, 0) is 37.0 Å². The summed E-state index contributed by atoms with van der Waals surface area (Å²) in [7, 11) is 1.67. The van der Waals surface area contributed by atoms with Crippen molar-refractivity contribution in [2.24, 2.45) is 5.92 Å². The van der Waals surface area contributed by atoms with E-state index < -0.39 is 5.54 Å². The Kier molecular flexibility index (Phi) is 5.19. The summed E-state index contributed by atoms with van der Waals surface area (Å²) in [5.74, 6) is 1.14. The molecule has 2 aliphatic rings. The van der Waals surface area contributed by atoms with Crippen molar-refractivity contribution in [3.63, 3.8) is 0 Å². The molecular formula is C27H31N3O3. The van der Waals surface area contributed by atoms with Crippen LogP contribution in [0.25, 0.3) is 10.9 Å². The molecule has 172 valence electrons. The van der Waals surface area contributed by atoms with Gasteiger partial charge in [-0.3, -0.25) is 9.59 Å². The molecule has 0 saturated carbocycles. The van der Waals surface area contributed by atoms with E-state index in [-0.39, 0.29) is 24.3 Å². The van der Waals surface area contributed by atoms with Crippen LogP contribution in [0.4, 0.5) is 0 Å². The molecule has 2 aliphatic heterocycles. The van der Waals surface area contributed by atoms with Crippen LogP contribution >= 0.6 is 0 Å². The van der Waals surface area contributed by atoms with Crippen LogP contribution in [0.3, 0.4) is 0 Å². The lowest BCUT2D eigenvalue weighted by Gasteiger charge is -2.51. The Morgan fingerprint density at radius 3 is 2.61 bits per heavy atom. The van der Waals surface area contributed by atoms with Crippen LogP contribution in [-0.2, 0) is 15.1 Å². The van der Waals surface area contributed by atoms with E-state index in [0.717, 1.165) is 39.9 Å². The molecule has 33 heavy (non-hydrogen) atoms. The van der Waals surface area contributed by atoms with E-state index in [1.807, 2.05) is 43.3 Å². The fourth-order valence-corrected chi connectivity index (χ4v) is 5.51. The average Bonchev–Trinajstić information content (AvgIpc) is 3.21. The monoisotopic (exact) mass is 445 g/mol. The van der Waals surface area contributed by atoms with Gasteiger partial charge in [0.1, 0.15) is 5.75 Å². The number of hydrogen-bond acceptors (Lipinski definition) is 3. The maximum atomic E-state index is 13.9. The Labute approximate surface area is 194 Å². The van der Waals surface area contributed by atoms with Crippen LogP contribution in [0, 0.1) is 5.92 Å². The topological polar surface area (TPSA) is 65.6 Å². The lowest BCUT2D eigenvalue weighted by atomic mass is 9.76. The predicted molar refractivity (Wildman–Crippen MR) is 128 cm³/mol. The maximum Gasteiger partial charge on any atom is 0.254 e. The lowest BCUT2D eigenvalue weighted by molar-refractivity contribution is -0.166. The Morgan fingerprint density at radius 1 is 1.12 bits per heavy atom. The van der Waals surface area contributed by atoms with Crippen molar-refractivity contribution in [3.8, 4) is 5.75 Å². The molecule has 5 rings (SSSR count). The van der Waals surface area contributed by atoms with Gasteiger partial charge in [-0.1, -0.05) is 50.2 Å². The van der Waals surface area contributed by atoms with Crippen molar-refractivity contribution >= 4 is 22.7 Å². The molecule has 1 saturated heterocycles. The minimum absolute atomic E-state index is 0.00553. The van der Waals surface area contributed by atoms with Gasteiger partial charge in [-0.15, -0.1) is 0 Å². The number of aromatic amines is 1. The standard InChI is InChI=1S/C27H31N3O3/c1-17(2)13-14-29-16-23(31)30-15-20(18-9-6-8-12-22(18)33-4)24-19-10-5-7-11-21(19)28-25(24)27(30,3)26(29)32/h5-12,17,20,28H,13-16H2,1-4H3. The number of ether oxygens (including phenoxy) is 1. The van der Waals surface area contributed by atoms with Gasteiger partial charge in [-0.25, -0.2) is 0 Å². The summed E-state index contributed by atoms with van der Waals surface area (Å²) in [6.45, 7) is 7.35. The second kappa shape index (κ2) is 7.94. The van der Waals surface area contributed by atoms with Crippen LogP contribution in [0.5, 0.6) is 5.75 Å². The zero-order valence-electron chi connectivity index (χ0n) is 19.7. The number of methoxy groups -OCH3 is 1. The van der Waals surface area contributed by atoms with Crippen molar-refractivity contribution in [2.75, 3.05) is 26.7 Å². The second-order valence-electron chi connectivity index (χ2n) is 9.74. The normalized spacial score (nSPS) is 22.6. The summed E-state index contributed by atoms with van der Waals surface area (Å²) < 4.78 is 5.69. The number of para-hydroxylation sites is 2. The molecule has 2 aromatic carbocycles. The molecule has 2 unspecified atom stereocenters. The highest BCUT2D eigenvalue weighted by atomic mass is 16.5. The minimum atomic E-state index is -1.06. The SMILES string of the molecule is COc1ccccc1C1CN2C(=O)CN(CCC(C)C)C(=O)C2(C)c2[nH]c3ccccc3c21. The van der Waals surface area contributed by atoms with E-state index in [0.29, 0.717) is 19.0 Å². The molecule has 6 heteroatoms. The molecule has 1 N–H and O–H groups in total. The van der Waals surface area contributed by atoms with Crippen molar-refractivity contribution in [2.45, 2.75) is 38.6 Å². The van der Waals surface area contributed by atoms with E-state index in [1.165, 1.54) is 0 Å². The number of piperazine rings is 1. The van der Waals surface area contributed by atoms with Gasteiger partial charge in [0.05, 0.1) is 19.3 Å². The van der Waals surface area contributed by atoms with Crippen LogP contribution in [-0.4, -0.2) is 53.3 Å². The zero-order chi connectivity index (χ0) is 23.3. The highest BCUT2D eigenvalue weighted by Gasteiger charge is 2.56. The lowest BCUT2D eigenvalue weighted by Crippen LogP contribution is -2.67. The zero-order valence-corrected chi connectivity index (χ0v) is 19.7. The van der Waals surface area contributed by atoms with Crippen molar-refractivity contribution in [3.05, 3.63) is 65.4 Å². The van der Waals surface area contributed by atoms with E-state index in [2.05, 4.69) is 31.0 Å². The Bertz CT molecular complexity index is 1230. The second-order valence-corrected chi connectivity index (χ2v) is 9.74. The summed E-state index contributed by atoms with van der Waals surface area (Å²) in [5, 5.41) is 1.09. The summed E-state index contributed by atoms with van der Waals surface area (Å²) in [4.78, 5) is 34.5. The molecule has 3 heterocycles. The third kappa shape index (κ3) is 3.23. The number of carbonyl (C=O) groups excluding carboxylic acids is 2. The number of nitrogens with one attached hydrogen (secondary N) is 1. The Balaban J connectivity index is 1.71. The molecule has 0 aliphatic carbocycles. The van der Waals surface area contributed by atoms with Crippen molar-refractivity contribution in [1.82, 2.24) is 14.8 Å². The molecule has 0 bridgehead atoms. The molecule has 2 atom stereocenters. The minimum Gasteiger partial charge on any atom is -0.496 e. The van der Waals surface area contributed by atoms with Crippen molar-refractivity contribution < 1.29 is 14.3 Å². The number of nitrogens with zero attached hydrogens (tertiary/aromatic N) is 2. The third-order valence-corrected chi connectivity index (χ3v) is 7.31. The molecule has 1 aromatic heterocycles.